The molecule has 0 saturated carbocycles. The topological polar surface area (TPSA) is 38.8 Å². The SMILES string of the molecule is CCOC(=O)[C@@H]1CCCN(CCO/C=C(\c2ccccc2C)c2sccc2C)C1. The Morgan fingerprint density at radius 3 is 2.79 bits per heavy atom. The molecule has 3 rings (SSSR count). The van der Waals surface area contributed by atoms with Gasteiger partial charge in [-0.25, -0.2) is 0 Å². The van der Waals surface area contributed by atoms with Crippen molar-refractivity contribution in [1.82, 2.24) is 4.90 Å². The molecule has 2 heterocycles. The van der Waals surface area contributed by atoms with Crippen LogP contribution in [0.4, 0.5) is 0 Å². The third kappa shape index (κ3) is 5.71. The van der Waals surface area contributed by atoms with Gasteiger partial charge in [0, 0.05) is 23.5 Å². The number of nitrogens with zero attached hydrogens (tertiary/aromatic N) is 1. The van der Waals surface area contributed by atoms with Crippen LogP contribution < -0.4 is 0 Å². The van der Waals surface area contributed by atoms with E-state index in [-0.39, 0.29) is 11.9 Å². The minimum absolute atomic E-state index is 0.00413. The monoisotopic (exact) mass is 413 g/mol. The first-order chi connectivity index (χ1) is 14.1. The van der Waals surface area contributed by atoms with E-state index in [2.05, 4.69) is 54.5 Å². The highest BCUT2D eigenvalue weighted by Crippen LogP contribution is 2.32. The van der Waals surface area contributed by atoms with Gasteiger partial charge in [0.25, 0.3) is 0 Å². The van der Waals surface area contributed by atoms with Crippen molar-refractivity contribution in [3.63, 3.8) is 0 Å². The van der Waals surface area contributed by atoms with Crippen LogP contribution in [0.15, 0.2) is 42.0 Å². The molecule has 0 unspecified atom stereocenters. The molecule has 29 heavy (non-hydrogen) atoms. The Kier molecular flexibility index (Phi) is 7.90. The quantitative estimate of drug-likeness (QED) is 0.345. The van der Waals surface area contributed by atoms with Crippen LogP contribution in [-0.4, -0.2) is 43.7 Å². The van der Waals surface area contributed by atoms with Crippen LogP contribution >= 0.6 is 11.3 Å². The van der Waals surface area contributed by atoms with Crippen LogP contribution in [0, 0.1) is 19.8 Å². The molecule has 2 aromatic rings. The van der Waals surface area contributed by atoms with Gasteiger partial charge < -0.3 is 9.47 Å². The summed E-state index contributed by atoms with van der Waals surface area (Å²) >= 11 is 1.75. The van der Waals surface area contributed by atoms with Crippen LogP contribution in [0.5, 0.6) is 0 Å². The molecule has 5 heteroatoms. The molecule has 0 radical (unpaired) electrons. The van der Waals surface area contributed by atoms with Crippen molar-refractivity contribution in [3.05, 3.63) is 63.5 Å². The van der Waals surface area contributed by atoms with Crippen molar-refractivity contribution in [2.45, 2.75) is 33.6 Å². The van der Waals surface area contributed by atoms with Gasteiger partial charge in [0.05, 0.1) is 18.8 Å². The fourth-order valence-electron chi connectivity index (χ4n) is 3.80. The summed E-state index contributed by atoms with van der Waals surface area (Å²) < 4.78 is 11.2. The van der Waals surface area contributed by atoms with Gasteiger partial charge in [0.1, 0.15) is 6.61 Å². The van der Waals surface area contributed by atoms with E-state index in [0.717, 1.165) is 38.0 Å². The van der Waals surface area contributed by atoms with E-state index in [9.17, 15) is 4.79 Å². The van der Waals surface area contributed by atoms with Gasteiger partial charge >= 0.3 is 5.97 Å². The zero-order chi connectivity index (χ0) is 20.6. The number of piperidine rings is 1. The fourth-order valence-corrected chi connectivity index (χ4v) is 4.75. The first kappa shape index (κ1) is 21.6. The van der Waals surface area contributed by atoms with Crippen LogP contribution in [0.1, 0.15) is 41.3 Å². The van der Waals surface area contributed by atoms with Gasteiger partial charge in [0.2, 0.25) is 0 Å². The summed E-state index contributed by atoms with van der Waals surface area (Å²) in [5, 5.41) is 2.13. The third-order valence-corrected chi connectivity index (χ3v) is 6.44. The van der Waals surface area contributed by atoms with Crippen LogP contribution in [0.25, 0.3) is 5.57 Å². The summed E-state index contributed by atoms with van der Waals surface area (Å²) in [6.07, 6.45) is 3.86. The number of benzene rings is 1. The number of rotatable bonds is 8. The fraction of sp³-hybridized carbons (Fsp3) is 0.458. The highest BCUT2D eigenvalue weighted by atomic mass is 32.1. The molecule has 1 aromatic carbocycles. The summed E-state index contributed by atoms with van der Waals surface area (Å²) in [5.41, 5.74) is 4.85. The Bertz CT molecular complexity index is 842. The summed E-state index contributed by atoms with van der Waals surface area (Å²) in [6.45, 7) is 9.79. The lowest BCUT2D eigenvalue weighted by Crippen LogP contribution is -2.40. The average Bonchev–Trinajstić information content (AvgIpc) is 3.15. The normalized spacial score (nSPS) is 17.9. The number of ether oxygens (including phenoxy) is 2. The number of hydrogen-bond acceptors (Lipinski definition) is 5. The van der Waals surface area contributed by atoms with Crippen molar-refractivity contribution >= 4 is 22.9 Å². The highest BCUT2D eigenvalue weighted by Gasteiger charge is 2.26. The van der Waals surface area contributed by atoms with Crippen LogP contribution in [-0.2, 0) is 14.3 Å². The minimum Gasteiger partial charge on any atom is -0.499 e. The molecule has 0 N–H and O–H groups in total. The minimum atomic E-state index is -0.0620. The smallest absolute Gasteiger partial charge is 0.310 e. The van der Waals surface area contributed by atoms with Crippen molar-refractivity contribution < 1.29 is 14.3 Å². The lowest BCUT2D eigenvalue weighted by Gasteiger charge is -2.31. The van der Waals surface area contributed by atoms with Gasteiger partial charge in [-0.15, -0.1) is 11.3 Å². The van der Waals surface area contributed by atoms with Crippen molar-refractivity contribution in [1.29, 1.82) is 0 Å². The van der Waals surface area contributed by atoms with E-state index < -0.39 is 0 Å². The van der Waals surface area contributed by atoms with Gasteiger partial charge in [0.15, 0.2) is 0 Å². The Balaban J connectivity index is 1.63. The van der Waals surface area contributed by atoms with Gasteiger partial charge in [-0.1, -0.05) is 24.3 Å². The average molecular weight is 414 g/mol. The maximum absolute atomic E-state index is 12.0. The van der Waals surface area contributed by atoms with E-state index >= 15 is 0 Å². The second-order valence-corrected chi connectivity index (χ2v) is 8.46. The maximum atomic E-state index is 12.0. The molecule has 1 aliphatic heterocycles. The second-order valence-electron chi connectivity index (χ2n) is 7.54. The molecule has 1 aromatic heterocycles. The van der Waals surface area contributed by atoms with E-state index in [4.69, 9.17) is 9.47 Å². The lowest BCUT2D eigenvalue weighted by molar-refractivity contribution is -0.150. The molecule has 1 fully saturated rings. The van der Waals surface area contributed by atoms with Crippen molar-refractivity contribution in [2.24, 2.45) is 5.92 Å². The third-order valence-electron chi connectivity index (χ3n) is 5.39. The Labute approximate surface area is 178 Å². The zero-order valence-electron chi connectivity index (χ0n) is 17.6. The van der Waals surface area contributed by atoms with Gasteiger partial charge in [-0.2, -0.15) is 0 Å². The highest BCUT2D eigenvalue weighted by molar-refractivity contribution is 7.11. The molecule has 1 aliphatic rings. The van der Waals surface area contributed by atoms with E-state index in [1.54, 1.807) is 11.3 Å². The van der Waals surface area contributed by atoms with Crippen LogP contribution in [0.2, 0.25) is 0 Å². The Morgan fingerprint density at radius 2 is 2.07 bits per heavy atom. The second kappa shape index (κ2) is 10.6. The predicted octanol–water partition coefficient (Wildman–Crippen LogP) is 5.05. The summed E-state index contributed by atoms with van der Waals surface area (Å²) in [4.78, 5) is 15.6. The molecule has 1 saturated heterocycles. The van der Waals surface area contributed by atoms with E-state index in [1.807, 2.05) is 13.2 Å². The molecular formula is C24H31NO3S. The van der Waals surface area contributed by atoms with Crippen LogP contribution in [0.3, 0.4) is 0 Å². The maximum Gasteiger partial charge on any atom is 0.310 e. The predicted molar refractivity (Wildman–Crippen MR) is 119 cm³/mol. The number of hydrogen-bond donors (Lipinski definition) is 0. The van der Waals surface area contributed by atoms with E-state index in [1.165, 1.54) is 21.6 Å². The number of carbonyl (C=O) groups is 1. The molecular weight excluding hydrogens is 382 g/mol. The molecule has 156 valence electrons. The zero-order valence-corrected chi connectivity index (χ0v) is 18.5. The summed E-state index contributed by atoms with van der Waals surface area (Å²) in [5.74, 6) is -0.0661. The molecule has 0 spiro atoms. The number of thiophene rings is 1. The molecule has 0 aliphatic carbocycles. The number of carbonyl (C=O) groups excluding carboxylic acids is 1. The molecule has 1 atom stereocenters. The van der Waals surface area contributed by atoms with Crippen molar-refractivity contribution in [3.8, 4) is 0 Å². The molecule has 4 nitrogen and oxygen atoms in total. The first-order valence-electron chi connectivity index (χ1n) is 10.4. The van der Waals surface area contributed by atoms with Crippen molar-refractivity contribution in [2.75, 3.05) is 32.8 Å². The lowest BCUT2D eigenvalue weighted by atomic mass is 9.98. The number of likely N-dealkylation sites (tertiary alicyclic amines) is 1. The van der Waals surface area contributed by atoms with Gasteiger partial charge in [-0.05, 0) is 68.3 Å². The van der Waals surface area contributed by atoms with Gasteiger partial charge in [-0.3, -0.25) is 9.69 Å². The summed E-state index contributed by atoms with van der Waals surface area (Å²) in [7, 11) is 0. The largest absolute Gasteiger partial charge is 0.499 e. The Hall–Kier alpha value is -2.11. The number of aryl methyl sites for hydroxylation is 2. The molecule has 0 amide bonds. The molecule has 0 bridgehead atoms. The number of esters is 1. The Morgan fingerprint density at radius 1 is 1.24 bits per heavy atom. The first-order valence-corrected chi connectivity index (χ1v) is 11.3. The summed E-state index contributed by atoms with van der Waals surface area (Å²) in [6, 6.07) is 10.6. The standard InChI is InChI=1S/C24H31NO3S/c1-4-28-24(26)20-9-7-12-25(16-20)13-14-27-17-22(23-19(3)11-15-29-23)21-10-6-5-8-18(21)2/h5-6,8,10-11,15,17,20H,4,7,9,12-14,16H2,1-3H3/b22-17+/t20-/m1/s1. The van der Waals surface area contributed by atoms with E-state index in [0.29, 0.717) is 13.2 Å².